The van der Waals surface area contributed by atoms with Gasteiger partial charge in [-0.2, -0.15) is 0 Å². The number of nitrogens with zero attached hydrogens (tertiary/aromatic N) is 1. The summed E-state index contributed by atoms with van der Waals surface area (Å²) < 4.78 is 5.48. The van der Waals surface area contributed by atoms with Crippen molar-refractivity contribution in [2.45, 2.75) is 19.8 Å². The van der Waals surface area contributed by atoms with Gasteiger partial charge in [-0.25, -0.2) is 4.79 Å². The minimum atomic E-state index is -0.339. The second-order valence-corrected chi connectivity index (χ2v) is 5.82. The maximum atomic E-state index is 12.1. The Morgan fingerprint density at radius 2 is 1.88 bits per heavy atom. The lowest BCUT2D eigenvalue weighted by molar-refractivity contribution is -0.121. The van der Waals surface area contributed by atoms with E-state index >= 15 is 0 Å². The summed E-state index contributed by atoms with van der Waals surface area (Å²) in [6.07, 6.45) is 1.91. The number of unbranched alkanes of at least 4 members (excludes halogenated alkanes) is 1. The quantitative estimate of drug-likeness (QED) is 0.869. The molecule has 0 bridgehead atoms. The number of anilines is 3. The van der Waals surface area contributed by atoms with Gasteiger partial charge in [0.2, 0.25) is 0 Å². The summed E-state index contributed by atoms with van der Waals surface area (Å²) in [6, 6.07) is 14.2. The van der Waals surface area contributed by atoms with Gasteiger partial charge < -0.3 is 20.3 Å². The van der Waals surface area contributed by atoms with Crippen molar-refractivity contribution < 1.29 is 14.3 Å². The first-order chi connectivity index (χ1) is 12.2. The van der Waals surface area contributed by atoms with Gasteiger partial charge in [0, 0.05) is 17.9 Å². The van der Waals surface area contributed by atoms with Crippen molar-refractivity contribution in [3.63, 3.8) is 0 Å². The fraction of sp³-hybridized carbons (Fsp3) is 0.263. The van der Waals surface area contributed by atoms with Crippen molar-refractivity contribution in [1.29, 1.82) is 0 Å². The van der Waals surface area contributed by atoms with E-state index in [9.17, 15) is 9.59 Å². The third kappa shape index (κ3) is 4.09. The van der Waals surface area contributed by atoms with E-state index in [4.69, 9.17) is 4.74 Å². The van der Waals surface area contributed by atoms with E-state index in [0.29, 0.717) is 29.4 Å². The maximum Gasteiger partial charge on any atom is 0.323 e. The number of hydrogen-bond acceptors (Lipinski definition) is 3. The fourth-order valence-electron chi connectivity index (χ4n) is 2.66. The molecule has 0 atom stereocenters. The number of rotatable bonds is 5. The van der Waals surface area contributed by atoms with Gasteiger partial charge in [0.25, 0.3) is 5.91 Å². The van der Waals surface area contributed by atoms with Crippen LogP contribution in [0.3, 0.4) is 0 Å². The normalized spacial score (nSPS) is 13.0. The molecule has 3 amide bonds. The molecule has 6 nitrogen and oxygen atoms in total. The van der Waals surface area contributed by atoms with Crippen LogP contribution in [-0.2, 0) is 4.79 Å². The Bertz CT molecular complexity index is 762. The summed E-state index contributed by atoms with van der Waals surface area (Å²) in [5.41, 5.74) is 2.01. The molecule has 0 aromatic heterocycles. The number of amides is 3. The highest BCUT2D eigenvalue weighted by molar-refractivity contribution is 6.02. The number of urea groups is 1. The van der Waals surface area contributed by atoms with Gasteiger partial charge in [-0.05, 0) is 36.8 Å². The molecule has 0 aliphatic carbocycles. The predicted octanol–water partition coefficient (Wildman–Crippen LogP) is 3.86. The number of para-hydroxylation sites is 1. The highest BCUT2D eigenvalue weighted by Gasteiger charge is 2.25. The van der Waals surface area contributed by atoms with Gasteiger partial charge in [-0.15, -0.1) is 0 Å². The number of nitrogens with one attached hydrogen (secondary N) is 2. The summed E-state index contributed by atoms with van der Waals surface area (Å²) >= 11 is 0. The Kier molecular flexibility index (Phi) is 5.18. The van der Waals surface area contributed by atoms with E-state index in [0.717, 1.165) is 12.8 Å². The van der Waals surface area contributed by atoms with Crippen LogP contribution in [0.15, 0.2) is 48.5 Å². The van der Waals surface area contributed by atoms with Gasteiger partial charge in [0.15, 0.2) is 6.61 Å². The van der Waals surface area contributed by atoms with Crippen LogP contribution in [-0.4, -0.2) is 25.1 Å². The van der Waals surface area contributed by atoms with Gasteiger partial charge in [0.05, 0.1) is 5.69 Å². The Balaban J connectivity index is 1.74. The Labute approximate surface area is 146 Å². The molecule has 3 rings (SSSR count). The lowest BCUT2D eigenvalue weighted by Gasteiger charge is -2.29. The van der Waals surface area contributed by atoms with Gasteiger partial charge >= 0.3 is 6.03 Å². The molecule has 0 saturated heterocycles. The number of hydrogen-bond donors (Lipinski definition) is 2. The van der Waals surface area contributed by atoms with Crippen molar-refractivity contribution >= 4 is 29.0 Å². The van der Waals surface area contributed by atoms with E-state index in [1.165, 1.54) is 0 Å². The first kappa shape index (κ1) is 16.8. The van der Waals surface area contributed by atoms with Gasteiger partial charge in [-0.1, -0.05) is 31.5 Å². The molecule has 2 N–H and O–H groups in total. The largest absolute Gasteiger partial charge is 0.482 e. The van der Waals surface area contributed by atoms with Crippen LogP contribution < -0.4 is 20.3 Å². The molecule has 0 unspecified atom stereocenters. The lowest BCUT2D eigenvalue weighted by Crippen LogP contribution is -2.39. The van der Waals surface area contributed by atoms with Crippen LogP contribution in [0.5, 0.6) is 5.75 Å². The molecule has 2 aromatic rings. The molecule has 25 heavy (non-hydrogen) atoms. The average Bonchev–Trinajstić information content (AvgIpc) is 2.61. The topological polar surface area (TPSA) is 70.7 Å². The predicted molar refractivity (Wildman–Crippen MR) is 98.3 cm³/mol. The van der Waals surface area contributed by atoms with E-state index in [-0.39, 0.29) is 18.5 Å². The molecule has 0 radical (unpaired) electrons. The van der Waals surface area contributed by atoms with Gasteiger partial charge in [-0.3, -0.25) is 4.79 Å². The summed E-state index contributed by atoms with van der Waals surface area (Å²) in [7, 11) is 0. The van der Waals surface area contributed by atoms with E-state index in [1.807, 2.05) is 30.3 Å². The second kappa shape index (κ2) is 7.70. The van der Waals surface area contributed by atoms with E-state index < -0.39 is 0 Å². The van der Waals surface area contributed by atoms with Crippen molar-refractivity contribution in [3.8, 4) is 5.75 Å². The first-order valence-corrected chi connectivity index (χ1v) is 8.37. The standard InChI is InChI=1S/C19H21N3O3/c1-2-3-11-22-16-12-15(9-10-17(16)25-13-18(22)23)21-19(24)20-14-7-5-4-6-8-14/h4-10,12H,2-3,11,13H2,1H3,(H2,20,21,24). The smallest absolute Gasteiger partial charge is 0.323 e. The highest BCUT2D eigenvalue weighted by Crippen LogP contribution is 2.34. The molecule has 6 heteroatoms. The van der Waals surface area contributed by atoms with Crippen molar-refractivity contribution in [2.75, 3.05) is 28.7 Å². The van der Waals surface area contributed by atoms with E-state index in [2.05, 4.69) is 17.6 Å². The molecule has 2 aromatic carbocycles. The van der Waals surface area contributed by atoms with Crippen LogP contribution in [0.1, 0.15) is 19.8 Å². The third-order valence-electron chi connectivity index (χ3n) is 3.93. The third-order valence-corrected chi connectivity index (χ3v) is 3.93. The summed E-state index contributed by atoms with van der Waals surface area (Å²) in [5, 5.41) is 5.55. The number of ether oxygens (including phenoxy) is 1. The number of carbonyl (C=O) groups is 2. The molecule has 1 aliphatic heterocycles. The van der Waals surface area contributed by atoms with Crippen LogP contribution in [0, 0.1) is 0 Å². The SMILES string of the molecule is CCCCN1C(=O)COc2ccc(NC(=O)Nc3ccccc3)cc21. The zero-order chi connectivity index (χ0) is 17.6. The zero-order valence-corrected chi connectivity index (χ0v) is 14.1. The number of fused-ring (bicyclic) bond motifs is 1. The summed E-state index contributed by atoms with van der Waals surface area (Å²) in [5.74, 6) is 0.594. The molecule has 0 saturated carbocycles. The van der Waals surface area contributed by atoms with Crippen molar-refractivity contribution in [2.24, 2.45) is 0 Å². The zero-order valence-electron chi connectivity index (χ0n) is 14.1. The van der Waals surface area contributed by atoms with Gasteiger partial charge in [0.1, 0.15) is 5.75 Å². The molecular formula is C19H21N3O3. The molecule has 130 valence electrons. The maximum absolute atomic E-state index is 12.1. The minimum Gasteiger partial charge on any atom is -0.482 e. The van der Waals surface area contributed by atoms with Crippen LogP contribution in [0.2, 0.25) is 0 Å². The lowest BCUT2D eigenvalue weighted by atomic mass is 10.2. The second-order valence-electron chi connectivity index (χ2n) is 5.82. The average molecular weight is 339 g/mol. The number of benzene rings is 2. The molecule has 1 heterocycles. The molecular weight excluding hydrogens is 318 g/mol. The highest BCUT2D eigenvalue weighted by atomic mass is 16.5. The first-order valence-electron chi connectivity index (χ1n) is 8.37. The monoisotopic (exact) mass is 339 g/mol. The summed E-state index contributed by atoms with van der Waals surface area (Å²) in [4.78, 5) is 26.0. The van der Waals surface area contributed by atoms with Crippen molar-refractivity contribution in [3.05, 3.63) is 48.5 Å². The van der Waals surface area contributed by atoms with Crippen LogP contribution in [0.25, 0.3) is 0 Å². The minimum absolute atomic E-state index is 0.0536. The summed E-state index contributed by atoms with van der Waals surface area (Å²) in [6.45, 7) is 2.78. The molecule has 1 aliphatic rings. The van der Waals surface area contributed by atoms with Crippen molar-refractivity contribution in [1.82, 2.24) is 0 Å². The molecule has 0 fully saturated rings. The van der Waals surface area contributed by atoms with E-state index in [1.54, 1.807) is 23.1 Å². The fourth-order valence-corrected chi connectivity index (χ4v) is 2.66. The number of carbonyl (C=O) groups excluding carboxylic acids is 2. The Morgan fingerprint density at radius 3 is 2.64 bits per heavy atom. The molecule has 0 spiro atoms. The Morgan fingerprint density at radius 1 is 1.12 bits per heavy atom. The Hall–Kier alpha value is -3.02. The van der Waals surface area contributed by atoms with Crippen LogP contribution >= 0.6 is 0 Å². The van der Waals surface area contributed by atoms with Crippen LogP contribution in [0.4, 0.5) is 21.9 Å².